The second-order valence-corrected chi connectivity index (χ2v) is 3.28. The summed E-state index contributed by atoms with van der Waals surface area (Å²) in [5.74, 6) is -1.36. The van der Waals surface area contributed by atoms with Gasteiger partial charge in [-0.2, -0.15) is 0 Å². The molecule has 0 aromatic carbocycles. The van der Waals surface area contributed by atoms with Gasteiger partial charge in [-0.3, -0.25) is 0 Å². The molecule has 1 aliphatic heterocycles. The van der Waals surface area contributed by atoms with Crippen molar-refractivity contribution in [1.82, 2.24) is 0 Å². The van der Waals surface area contributed by atoms with E-state index in [0.29, 0.717) is 13.2 Å². The maximum absolute atomic E-state index is 9.51. The van der Waals surface area contributed by atoms with Crippen LogP contribution in [0, 0.1) is 11.8 Å². The Labute approximate surface area is 74.7 Å². The molecule has 0 saturated carbocycles. The third-order valence-electron chi connectivity index (χ3n) is 2.56. The maximum Gasteiger partial charge on any atom is 0.180 e. The highest BCUT2D eigenvalue weighted by Gasteiger charge is 2.41. The summed E-state index contributed by atoms with van der Waals surface area (Å²) >= 11 is 0. The zero-order chi connectivity index (χ0) is 9.59. The zero-order valence-electron chi connectivity index (χ0n) is 6.90. The molecule has 2 aliphatic rings. The quantitative estimate of drug-likeness (QED) is 0.436. The standard InChI is InChI=1S/C8H11NO4/c9-5-6(10)3-1-13-2-4(3)7(11)8(5)12/h3-4,10-12H,1-2,9H2/t3-,4+/m0/s1. The molecule has 0 bridgehead atoms. The number of ether oxygens (including phenoxy) is 1. The molecule has 0 unspecified atom stereocenters. The van der Waals surface area contributed by atoms with E-state index in [2.05, 4.69) is 0 Å². The number of fused-ring (bicyclic) bond motifs is 1. The molecule has 5 N–H and O–H groups in total. The van der Waals surface area contributed by atoms with Gasteiger partial charge in [-0.15, -0.1) is 0 Å². The summed E-state index contributed by atoms with van der Waals surface area (Å²) in [4.78, 5) is 0. The summed E-state index contributed by atoms with van der Waals surface area (Å²) in [6.07, 6.45) is 0. The predicted molar refractivity (Wildman–Crippen MR) is 43.9 cm³/mol. The first kappa shape index (κ1) is 8.25. The first-order valence-electron chi connectivity index (χ1n) is 4.01. The van der Waals surface area contributed by atoms with Crippen LogP contribution in [0.1, 0.15) is 0 Å². The lowest BCUT2D eigenvalue weighted by atomic mass is 9.86. The molecule has 0 aromatic heterocycles. The van der Waals surface area contributed by atoms with Crippen molar-refractivity contribution in [1.29, 1.82) is 0 Å². The monoisotopic (exact) mass is 185 g/mol. The summed E-state index contributed by atoms with van der Waals surface area (Å²) < 4.78 is 5.07. The average molecular weight is 185 g/mol. The van der Waals surface area contributed by atoms with Gasteiger partial charge in [-0.05, 0) is 0 Å². The summed E-state index contributed by atoms with van der Waals surface area (Å²) in [5.41, 5.74) is 5.23. The number of aliphatic hydroxyl groups is 3. The van der Waals surface area contributed by atoms with E-state index in [0.717, 1.165) is 0 Å². The van der Waals surface area contributed by atoms with E-state index in [1.807, 2.05) is 0 Å². The van der Waals surface area contributed by atoms with Gasteiger partial charge in [0.1, 0.15) is 17.2 Å². The molecule has 0 radical (unpaired) electrons. The number of hydrogen-bond acceptors (Lipinski definition) is 5. The lowest BCUT2D eigenvalue weighted by Gasteiger charge is -2.23. The van der Waals surface area contributed by atoms with Crippen molar-refractivity contribution in [3.63, 3.8) is 0 Å². The third kappa shape index (κ3) is 0.968. The Bertz CT molecular complexity index is 277. The van der Waals surface area contributed by atoms with E-state index < -0.39 is 5.76 Å². The normalized spacial score (nSPS) is 33.8. The van der Waals surface area contributed by atoms with Crippen LogP contribution in [0.5, 0.6) is 0 Å². The van der Waals surface area contributed by atoms with Gasteiger partial charge in [0.2, 0.25) is 0 Å². The molecule has 1 aliphatic carbocycles. The number of hydrogen-bond donors (Lipinski definition) is 4. The minimum absolute atomic E-state index is 0.0854. The lowest BCUT2D eigenvalue weighted by Crippen LogP contribution is -2.27. The van der Waals surface area contributed by atoms with Crippen molar-refractivity contribution in [3.8, 4) is 0 Å². The van der Waals surface area contributed by atoms with Gasteiger partial charge >= 0.3 is 0 Å². The first-order valence-corrected chi connectivity index (χ1v) is 4.01. The van der Waals surface area contributed by atoms with Crippen LogP contribution in [0.3, 0.4) is 0 Å². The van der Waals surface area contributed by atoms with Crippen LogP contribution in [0.2, 0.25) is 0 Å². The zero-order valence-corrected chi connectivity index (χ0v) is 6.90. The average Bonchev–Trinajstić information content (AvgIpc) is 2.59. The molecule has 1 heterocycles. The fourth-order valence-corrected chi connectivity index (χ4v) is 1.73. The second-order valence-electron chi connectivity index (χ2n) is 3.28. The topological polar surface area (TPSA) is 95.9 Å². The summed E-state index contributed by atoms with van der Waals surface area (Å²) in [6, 6.07) is 0. The van der Waals surface area contributed by atoms with Crippen LogP contribution >= 0.6 is 0 Å². The van der Waals surface area contributed by atoms with E-state index in [1.165, 1.54) is 0 Å². The van der Waals surface area contributed by atoms with Crippen LogP contribution in [-0.4, -0.2) is 28.5 Å². The maximum atomic E-state index is 9.51. The first-order chi connectivity index (χ1) is 6.13. The van der Waals surface area contributed by atoms with Gasteiger partial charge in [-0.25, -0.2) is 0 Å². The number of aliphatic hydroxyl groups excluding tert-OH is 3. The Hall–Kier alpha value is -1.36. The minimum atomic E-state index is -0.427. The van der Waals surface area contributed by atoms with Crippen LogP contribution in [0.15, 0.2) is 23.0 Å². The van der Waals surface area contributed by atoms with Crippen LogP contribution in [-0.2, 0) is 4.74 Å². The van der Waals surface area contributed by atoms with Gasteiger partial charge in [-0.1, -0.05) is 0 Å². The Morgan fingerprint density at radius 2 is 1.62 bits per heavy atom. The molecule has 1 saturated heterocycles. The van der Waals surface area contributed by atoms with Crippen LogP contribution < -0.4 is 5.73 Å². The molecule has 0 aromatic rings. The lowest BCUT2D eigenvalue weighted by molar-refractivity contribution is 0.176. The van der Waals surface area contributed by atoms with Gasteiger partial charge in [0.25, 0.3) is 0 Å². The molecule has 0 amide bonds. The van der Waals surface area contributed by atoms with Crippen molar-refractivity contribution >= 4 is 0 Å². The van der Waals surface area contributed by atoms with Crippen molar-refractivity contribution in [3.05, 3.63) is 23.0 Å². The molecule has 5 nitrogen and oxygen atoms in total. The largest absolute Gasteiger partial charge is 0.510 e. The van der Waals surface area contributed by atoms with Gasteiger partial charge in [0, 0.05) is 0 Å². The molecule has 2 atom stereocenters. The van der Waals surface area contributed by atoms with Crippen LogP contribution in [0.25, 0.3) is 0 Å². The summed E-state index contributed by atoms with van der Waals surface area (Å²) in [5, 5.41) is 28.3. The smallest absolute Gasteiger partial charge is 0.180 e. The molecule has 0 spiro atoms. The van der Waals surface area contributed by atoms with Crippen LogP contribution in [0.4, 0.5) is 0 Å². The minimum Gasteiger partial charge on any atom is -0.510 e. The predicted octanol–water partition coefficient (Wildman–Crippen LogP) is 0.319. The second kappa shape index (κ2) is 2.56. The Morgan fingerprint density at radius 1 is 1.08 bits per heavy atom. The van der Waals surface area contributed by atoms with Gasteiger partial charge < -0.3 is 25.8 Å². The molecule has 13 heavy (non-hydrogen) atoms. The summed E-state index contributed by atoms with van der Waals surface area (Å²) in [7, 11) is 0. The van der Waals surface area contributed by atoms with E-state index in [9.17, 15) is 15.3 Å². The van der Waals surface area contributed by atoms with Crippen molar-refractivity contribution < 1.29 is 20.1 Å². The number of nitrogens with two attached hydrogens (primary N) is 1. The molecule has 5 heteroatoms. The van der Waals surface area contributed by atoms with Crippen molar-refractivity contribution in [2.45, 2.75) is 0 Å². The van der Waals surface area contributed by atoms with E-state index in [1.54, 1.807) is 0 Å². The Morgan fingerprint density at radius 3 is 2.23 bits per heavy atom. The van der Waals surface area contributed by atoms with Crippen molar-refractivity contribution in [2.24, 2.45) is 17.6 Å². The molecule has 72 valence electrons. The van der Waals surface area contributed by atoms with E-state index in [4.69, 9.17) is 10.5 Å². The Kier molecular flexibility index (Phi) is 1.63. The highest BCUT2D eigenvalue weighted by Crippen LogP contribution is 2.37. The number of rotatable bonds is 0. The van der Waals surface area contributed by atoms with Crippen molar-refractivity contribution in [2.75, 3.05) is 13.2 Å². The molecule has 1 fully saturated rings. The molecular weight excluding hydrogens is 174 g/mol. The highest BCUT2D eigenvalue weighted by molar-refractivity contribution is 5.34. The SMILES string of the molecule is NC1=C(O)[C@H]2COC[C@H]2C(O)=C1O. The van der Waals surface area contributed by atoms with Gasteiger partial charge in [0.15, 0.2) is 5.76 Å². The molecular formula is C8H11NO4. The fraction of sp³-hybridized carbons (Fsp3) is 0.500. The Balaban J connectivity index is 2.47. The van der Waals surface area contributed by atoms with E-state index in [-0.39, 0.29) is 29.1 Å². The fourth-order valence-electron chi connectivity index (χ4n) is 1.73. The highest BCUT2D eigenvalue weighted by atomic mass is 16.5. The molecule has 2 rings (SSSR count). The van der Waals surface area contributed by atoms with E-state index >= 15 is 0 Å². The van der Waals surface area contributed by atoms with Gasteiger partial charge in [0.05, 0.1) is 25.0 Å². The summed E-state index contributed by atoms with van der Waals surface area (Å²) in [6.45, 7) is 0.631. The third-order valence-corrected chi connectivity index (χ3v) is 2.56.